The molecule has 2 nitrogen and oxygen atoms in total. The van der Waals surface area contributed by atoms with Crippen molar-refractivity contribution in [2.24, 2.45) is 5.92 Å². The summed E-state index contributed by atoms with van der Waals surface area (Å²) in [5.74, 6) is 0.983. The molecule has 0 amide bonds. The summed E-state index contributed by atoms with van der Waals surface area (Å²) in [6.07, 6.45) is 2.87. The first-order chi connectivity index (χ1) is 6.22. The van der Waals surface area contributed by atoms with Crippen molar-refractivity contribution in [1.82, 2.24) is 10.2 Å². The highest BCUT2D eigenvalue weighted by Gasteiger charge is 2.22. The van der Waals surface area contributed by atoms with E-state index in [0.717, 1.165) is 25.6 Å². The van der Waals surface area contributed by atoms with Crippen molar-refractivity contribution < 1.29 is 0 Å². The van der Waals surface area contributed by atoms with E-state index in [4.69, 9.17) is 0 Å². The summed E-state index contributed by atoms with van der Waals surface area (Å²) in [5, 5.41) is 3.30. The molecule has 0 unspecified atom stereocenters. The van der Waals surface area contributed by atoms with E-state index in [1.807, 2.05) is 0 Å². The first-order valence-electron chi connectivity index (χ1n) is 5.28. The minimum atomic E-state index is 0.964. The average molecular weight is 182 g/mol. The third kappa shape index (κ3) is 5.06. The molecule has 0 heterocycles. The molecule has 1 N–H and O–H groups in total. The molecule has 0 atom stereocenters. The third-order valence-electron chi connectivity index (χ3n) is 2.39. The third-order valence-corrected chi connectivity index (χ3v) is 2.39. The smallest absolute Gasteiger partial charge is 0.0199 e. The molecule has 1 fully saturated rings. The molecule has 1 saturated carbocycles. The summed E-state index contributed by atoms with van der Waals surface area (Å²) in [5.41, 5.74) is 1.30. The Morgan fingerprint density at radius 1 is 1.54 bits per heavy atom. The second-order valence-electron chi connectivity index (χ2n) is 4.17. The van der Waals surface area contributed by atoms with Crippen LogP contribution in [0.4, 0.5) is 0 Å². The maximum absolute atomic E-state index is 4.06. The van der Waals surface area contributed by atoms with Gasteiger partial charge in [0.2, 0.25) is 0 Å². The van der Waals surface area contributed by atoms with Gasteiger partial charge in [-0.05, 0) is 37.9 Å². The summed E-state index contributed by atoms with van der Waals surface area (Å²) in [6, 6.07) is 0. The second-order valence-corrected chi connectivity index (χ2v) is 4.17. The van der Waals surface area contributed by atoms with Gasteiger partial charge in [0.05, 0.1) is 0 Å². The Balaban J connectivity index is 2.03. The van der Waals surface area contributed by atoms with Gasteiger partial charge in [0.1, 0.15) is 0 Å². The molecule has 0 bridgehead atoms. The standard InChI is InChI=1S/C11H22N2/c1-4-12-7-10(2)8-13(3)9-11-5-6-11/h11-12H,2,4-9H2,1,3H3. The van der Waals surface area contributed by atoms with E-state index in [9.17, 15) is 0 Å². The van der Waals surface area contributed by atoms with Crippen molar-refractivity contribution in [2.75, 3.05) is 33.2 Å². The molecule has 0 aromatic rings. The summed E-state index contributed by atoms with van der Waals surface area (Å²) in [6.45, 7) is 10.5. The monoisotopic (exact) mass is 182 g/mol. The minimum Gasteiger partial charge on any atom is -0.313 e. The van der Waals surface area contributed by atoms with E-state index < -0.39 is 0 Å². The van der Waals surface area contributed by atoms with Gasteiger partial charge >= 0.3 is 0 Å². The molecular weight excluding hydrogens is 160 g/mol. The van der Waals surface area contributed by atoms with Crippen LogP contribution in [0.5, 0.6) is 0 Å². The molecule has 1 rings (SSSR count). The normalized spacial score (nSPS) is 16.5. The fourth-order valence-electron chi connectivity index (χ4n) is 1.55. The molecule has 1 aliphatic carbocycles. The molecular formula is C11H22N2. The van der Waals surface area contributed by atoms with Crippen LogP contribution in [0.15, 0.2) is 12.2 Å². The minimum absolute atomic E-state index is 0.964. The number of hydrogen-bond acceptors (Lipinski definition) is 2. The maximum atomic E-state index is 4.06. The van der Waals surface area contributed by atoms with Crippen LogP contribution in [0, 0.1) is 5.92 Å². The van der Waals surface area contributed by atoms with Gasteiger partial charge in [-0.2, -0.15) is 0 Å². The molecule has 2 heteroatoms. The second kappa shape index (κ2) is 5.40. The van der Waals surface area contributed by atoms with E-state index in [0.29, 0.717) is 0 Å². The lowest BCUT2D eigenvalue weighted by Gasteiger charge is -2.17. The largest absolute Gasteiger partial charge is 0.313 e. The Kier molecular flexibility index (Phi) is 4.46. The van der Waals surface area contributed by atoms with Crippen LogP contribution in [0.25, 0.3) is 0 Å². The van der Waals surface area contributed by atoms with Crippen LogP contribution in [0.3, 0.4) is 0 Å². The highest BCUT2D eigenvalue weighted by atomic mass is 15.1. The molecule has 0 saturated heterocycles. The zero-order valence-corrected chi connectivity index (χ0v) is 8.97. The van der Waals surface area contributed by atoms with Gasteiger partial charge in [0, 0.05) is 19.6 Å². The van der Waals surface area contributed by atoms with Crippen molar-refractivity contribution >= 4 is 0 Å². The van der Waals surface area contributed by atoms with E-state index in [-0.39, 0.29) is 0 Å². The van der Waals surface area contributed by atoms with Gasteiger partial charge in [-0.1, -0.05) is 13.5 Å². The zero-order valence-electron chi connectivity index (χ0n) is 8.97. The molecule has 0 aromatic heterocycles. The fraction of sp³-hybridized carbons (Fsp3) is 0.818. The summed E-state index contributed by atoms with van der Waals surface area (Å²) in [4.78, 5) is 2.39. The van der Waals surface area contributed by atoms with Crippen molar-refractivity contribution in [1.29, 1.82) is 0 Å². The van der Waals surface area contributed by atoms with Gasteiger partial charge in [-0.25, -0.2) is 0 Å². The molecule has 1 aliphatic rings. The van der Waals surface area contributed by atoms with Crippen LogP contribution >= 0.6 is 0 Å². The Hall–Kier alpha value is -0.340. The topological polar surface area (TPSA) is 15.3 Å². The summed E-state index contributed by atoms with van der Waals surface area (Å²) >= 11 is 0. The van der Waals surface area contributed by atoms with E-state index in [2.05, 4.69) is 30.8 Å². The van der Waals surface area contributed by atoms with Gasteiger partial charge in [0.25, 0.3) is 0 Å². The number of likely N-dealkylation sites (N-methyl/N-ethyl adjacent to an activating group) is 2. The number of rotatable bonds is 7. The first kappa shape index (κ1) is 10.7. The zero-order chi connectivity index (χ0) is 9.68. The van der Waals surface area contributed by atoms with Crippen molar-refractivity contribution in [3.8, 4) is 0 Å². The number of nitrogens with one attached hydrogen (secondary N) is 1. The van der Waals surface area contributed by atoms with Crippen LogP contribution < -0.4 is 5.32 Å². The van der Waals surface area contributed by atoms with Gasteiger partial charge in [-0.3, -0.25) is 0 Å². The highest BCUT2D eigenvalue weighted by Crippen LogP contribution is 2.29. The predicted octanol–water partition coefficient (Wildman–Crippen LogP) is 1.49. The Bertz CT molecular complexity index is 161. The Labute approximate surface area is 82.0 Å². The van der Waals surface area contributed by atoms with Crippen LogP contribution in [-0.2, 0) is 0 Å². The van der Waals surface area contributed by atoms with E-state index >= 15 is 0 Å². The van der Waals surface area contributed by atoms with Crippen molar-refractivity contribution in [3.63, 3.8) is 0 Å². The predicted molar refractivity (Wildman–Crippen MR) is 57.9 cm³/mol. The Morgan fingerprint density at radius 2 is 2.23 bits per heavy atom. The van der Waals surface area contributed by atoms with Gasteiger partial charge in [0.15, 0.2) is 0 Å². The first-order valence-corrected chi connectivity index (χ1v) is 5.28. The average Bonchev–Trinajstić information content (AvgIpc) is 2.84. The molecule has 76 valence electrons. The Morgan fingerprint density at radius 3 is 2.77 bits per heavy atom. The van der Waals surface area contributed by atoms with Crippen molar-refractivity contribution in [3.05, 3.63) is 12.2 Å². The number of hydrogen-bond donors (Lipinski definition) is 1. The van der Waals surface area contributed by atoms with E-state index in [1.165, 1.54) is 25.0 Å². The summed E-state index contributed by atoms with van der Waals surface area (Å²) < 4.78 is 0. The summed E-state index contributed by atoms with van der Waals surface area (Å²) in [7, 11) is 2.19. The highest BCUT2D eigenvalue weighted by molar-refractivity contribution is 4.99. The van der Waals surface area contributed by atoms with E-state index in [1.54, 1.807) is 0 Å². The van der Waals surface area contributed by atoms with Crippen LogP contribution in [0.2, 0.25) is 0 Å². The lowest BCUT2D eigenvalue weighted by molar-refractivity contribution is 0.344. The van der Waals surface area contributed by atoms with Crippen molar-refractivity contribution in [2.45, 2.75) is 19.8 Å². The molecule has 0 spiro atoms. The van der Waals surface area contributed by atoms with Gasteiger partial charge < -0.3 is 10.2 Å². The number of nitrogens with zero attached hydrogens (tertiary/aromatic N) is 1. The SMILES string of the molecule is C=C(CNCC)CN(C)CC1CC1. The lowest BCUT2D eigenvalue weighted by Crippen LogP contribution is -2.27. The maximum Gasteiger partial charge on any atom is 0.0199 e. The quantitative estimate of drug-likeness (QED) is 0.600. The molecule has 0 radical (unpaired) electrons. The fourth-order valence-corrected chi connectivity index (χ4v) is 1.55. The van der Waals surface area contributed by atoms with Gasteiger partial charge in [-0.15, -0.1) is 0 Å². The molecule has 0 aromatic carbocycles. The lowest BCUT2D eigenvalue weighted by atomic mass is 10.2. The van der Waals surface area contributed by atoms with Crippen LogP contribution in [-0.4, -0.2) is 38.1 Å². The molecule has 13 heavy (non-hydrogen) atoms. The van der Waals surface area contributed by atoms with Crippen LogP contribution in [0.1, 0.15) is 19.8 Å². The molecule has 0 aliphatic heterocycles.